The molecule has 0 saturated carbocycles. The van der Waals surface area contributed by atoms with Gasteiger partial charge in [0.25, 0.3) is 0 Å². The molecule has 0 unspecified atom stereocenters. The van der Waals surface area contributed by atoms with Crippen molar-refractivity contribution in [2.75, 3.05) is 0 Å². The molecule has 0 bridgehead atoms. The summed E-state index contributed by atoms with van der Waals surface area (Å²) in [7, 11) is 0. The third-order valence-corrected chi connectivity index (χ3v) is 1.52. The standard InChI is InChI=1S/C6H4F2OS/c7-4-1-2-6(10-9)5(8)3-4/h1-3,9H. The fourth-order valence-electron chi connectivity index (χ4n) is 0.549. The first kappa shape index (κ1) is 7.50. The molecule has 0 heterocycles. The third-order valence-electron chi connectivity index (χ3n) is 0.992. The van der Waals surface area contributed by atoms with Gasteiger partial charge in [-0.1, -0.05) is 0 Å². The van der Waals surface area contributed by atoms with Crippen LogP contribution in [0.3, 0.4) is 0 Å². The number of hydrogen-bond acceptors (Lipinski definition) is 2. The quantitative estimate of drug-likeness (QED) is 0.640. The molecule has 0 radical (unpaired) electrons. The van der Waals surface area contributed by atoms with Crippen LogP contribution in [0.15, 0.2) is 23.1 Å². The van der Waals surface area contributed by atoms with Crippen LogP contribution >= 0.6 is 12.0 Å². The summed E-state index contributed by atoms with van der Waals surface area (Å²) in [6.45, 7) is 0. The molecule has 0 spiro atoms. The van der Waals surface area contributed by atoms with Gasteiger partial charge >= 0.3 is 0 Å². The summed E-state index contributed by atoms with van der Waals surface area (Å²) in [5.41, 5.74) is 0. The minimum Gasteiger partial charge on any atom is -0.325 e. The largest absolute Gasteiger partial charge is 0.325 e. The average molecular weight is 162 g/mol. The second-order valence-electron chi connectivity index (χ2n) is 1.67. The van der Waals surface area contributed by atoms with Crippen molar-refractivity contribution in [3.05, 3.63) is 29.8 Å². The average Bonchev–Trinajstić information content (AvgIpc) is 1.88. The molecule has 0 amide bonds. The summed E-state index contributed by atoms with van der Waals surface area (Å²) in [4.78, 5) is 0.0291. The fraction of sp³-hybridized carbons (Fsp3) is 0. The number of hydrogen-bond donors (Lipinski definition) is 1. The Kier molecular flexibility index (Phi) is 2.24. The number of rotatable bonds is 1. The van der Waals surface area contributed by atoms with Gasteiger partial charge in [-0.05, 0) is 12.1 Å². The van der Waals surface area contributed by atoms with E-state index in [4.69, 9.17) is 4.55 Å². The first-order chi connectivity index (χ1) is 4.74. The molecule has 1 N–H and O–H groups in total. The van der Waals surface area contributed by atoms with E-state index in [0.717, 1.165) is 12.1 Å². The summed E-state index contributed by atoms with van der Waals surface area (Å²) >= 11 is 0.262. The third kappa shape index (κ3) is 1.46. The van der Waals surface area contributed by atoms with E-state index in [2.05, 4.69) is 0 Å². The lowest BCUT2D eigenvalue weighted by atomic mass is 10.3. The molecule has 0 aromatic heterocycles. The second kappa shape index (κ2) is 2.98. The summed E-state index contributed by atoms with van der Waals surface area (Å²) < 4.78 is 32.9. The van der Waals surface area contributed by atoms with Crippen LogP contribution in [0.2, 0.25) is 0 Å². The van der Waals surface area contributed by atoms with Gasteiger partial charge in [0.2, 0.25) is 0 Å². The van der Waals surface area contributed by atoms with E-state index in [9.17, 15) is 8.78 Å². The Balaban J connectivity index is 3.07. The number of halogens is 2. The first-order valence-corrected chi connectivity index (χ1v) is 3.28. The molecule has 1 aromatic rings. The van der Waals surface area contributed by atoms with E-state index < -0.39 is 11.6 Å². The molecule has 0 aliphatic carbocycles. The fourth-order valence-corrected chi connectivity index (χ4v) is 0.824. The van der Waals surface area contributed by atoms with E-state index in [1.807, 2.05) is 0 Å². The molecule has 1 nitrogen and oxygen atoms in total. The van der Waals surface area contributed by atoms with E-state index in [1.54, 1.807) is 0 Å². The van der Waals surface area contributed by atoms with Gasteiger partial charge in [0, 0.05) is 18.1 Å². The Hall–Kier alpha value is -0.610. The van der Waals surface area contributed by atoms with Crippen LogP contribution in [-0.2, 0) is 0 Å². The highest BCUT2D eigenvalue weighted by atomic mass is 32.2. The molecule has 1 rings (SSSR count). The zero-order valence-corrected chi connectivity index (χ0v) is 5.66. The maximum Gasteiger partial charge on any atom is 0.141 e. The Morgan fingerprint density at radius 1 is 1.30 bits per heavy atom. The zero-order valence-electron chi connectivity index (χ0n) is 4.84. The Bertz CT molecular complexity index is 239. The molecule has 1 aromatic carbocycles. The summed E-state index contributed by atoms with van der Waals surface area (Å²) in [6.07, 6.45) is 0. The summed E-state index contributed by atoms with van der Waals surface area (Å²) in [6, 6.07) is 2.98. The molecule has 0 aliphatic rings. The Morgan fingerprint density at radius 3 is 2.50 bits per heavy atom. The van der Waals surface area contributed by atoms with Crippen LogP contribution in [-0.4, -0.2) is 4.55 Å². The summed E-state index contributed by atoms with van der Waals surface area (Å²) in [5, 5.41) is 0. The van der Waals surface area contributed by atoms with E-state index in [1.165, 1.54) is 6.07 Å². The van der Waals surface area contributed by atoms with Crippen molar-refractivity contribution in [2.45, 2.75) is 4.90 Å². The van der Waals surface area contributed by atoms with Crippen molar-refractivity contribution in [3.63, 3.8) is 0 Å². The second-order valence-corrected chi connectivity index (χ2v) is 2.29. The predicted octanol–water partition coefficient (Wildman–Crippen LogP) is 2.53. The van der Waals surface area contributed by atoms with Crippen LogP contribution in [0.5, 0.6) is 0 Å². The van der Waals surface area contributed by atoms with Crippen LogP contribution in [0, 0.1) is 11.6 Å². The maximum absolute atomic E-state index is 12.4. The predicted molar refractivity (Wildman–Crippen MR) is 34.8 cm³/mol. The van der Waals surface area contributed by atoms with Gasteiger partial charge in [0.1, 0.15) is 11.6 Å². The van der Waals surface area contributed by atoms with Crippen LogP contribution in [0.1, 0.15) is 0 Å². The van der Waals surface area contributed by atoms with Crippen molar-refractivity contribution >= 4 is 12.0 Å². The zero-order chi connectivity index (χ0) is 7.56. The van der Waals surface area contributed by atoms with E-state index in [-0.39, 0.29) is 16.9 Å². The van der Waals surface area contributed by atoms with Gasteiger partial charge in [-0.2, -0.15) is 0 Å². The number of benzene rings is 1. The monoisotopic (exact) mass is 162 g/mol. The molecule has 54 valence electrons. The van der Waals surface area contributed by atoms with Crippen molar-refractivity contribution in [1.82, 2.24) is 0 Å². The van der Waals surface area contributed by atoms with Gasteiger partial charge in [0.05, 0.1) is 4.90 Å². The minimum atomic E-state index is -0.743. The van der Waals surface area contributed by atoms with Gasteiger partial charge in [-0.3, -0.25) is 0 Å². The van der Waals surface area contributed by atoms with Gasteiger partial charge in [-0.25, -0.2) is 8.78 Å². The lowest BCUT2D eigenvalue weighted by Gasteiger charge is -1.94. The van der Waals surface area contributed by atoms with E-state index >= 15 is 0 Å². The highest BCUT2D eigenvalue weighted by molar-refractivity contribution is 7.93. The molecule has 0 fully saturated rings. The SMILES string of the molecule is OSc1ccc(F)cc1F. The van der Waals surface area contributed by atoms with Crippen molar-refractivity contribution in [2.24, 2.45) is 0 Å². The Labute approximate surface area is 60.9 Å². The Morgan fingerprint density at radius 2 is 2.00 bits per heavy atom. The van der Waals surface area contributed by atoms with E-state index in [0.29, 0.717) is 0 Å². The maximum atomic E-state index is 12.4. The molecular weight excluding hydrogens is 158 g/mol. The molecule has 0 aliphatic heterocycles. The topological polar surface area (TPSA) is 20.2 Å². The molecular formula is C6H4F2OS. The van der Waals surface area contributed by atoms with Crippen molar-refractivity contribution < 1.29 is 13.3 Å². The van der Waals surface area contributed by atoms with Crippen molar-refractivity contribution in [3.8, 4) is 0 Å². The highest BCUT2D eigenvalue weighted by Gasteiger charge is 2.01. The van der Waals surface area contributed by atoms with Crippen LogP contribution in [0.4, 0.5) is 8.78 Å². The summed E-state index contributed by atoms with van der Waals surface area (Å²) in [5.74, 6) is -1.39. The first-order valence-electron chi connectivity index (χ1n) is 2.50. The normalized spacial score (nSPS) is 9.90. The van der Waals surface area contributed by atoms with Gasteiger partial charge < -0.3 is 4.55 Å². The lowest BCUT2D eigenvalue weighted by Crippen LogP contribution is -1.81. The lowest BCUT2D eigenvalue weighted by molar-refractivity contribution is 0.560. The van der Waals surface area contributed by atoms with Crippen LogP contribution in [0.25, 0.3) is 0 Å². The highest BCUT2D eigenvalue weighted by Crippen LogP contribution is 2.18. The van der Waals surface area contributed by atoms with Crippen LogP contribution < -0.4 is 0 Å². The van der Waals surface area contributed by atoms with Gasteiger partial charge in [-0.15, -0.1) is 0 Å². The minimum absolute atomic E-state index is 0.0291. The molecule has 4 heteroatoms. The van der Waals surface area contributed by atoms with Gasteiger partial charge in [0.15, 0.2) is 0 Å². The molecule has 10 heavy (non-hydrogen) atoms. The smallest absolute Gasteiger partial charge is 0.141 e. The molecule has 0 atom stereocenters. The molecule has 0 saturated heterocycles. The van der Waals surface area contributed by atoms with Crippen molar-refractivity contribution in [1.29, 1.82) is 0 Å².